The predicted octanol–water partition coefficient (Wildman–Crippen LogP) is -0.0604. The number of morpholine rings is 1. The Morgan fingerprint density at radius 2 is 2.06 bits per heavy atom. The van der Waals surface area contributed by atoms with E-state index >= 15 is 0 Å². The molecule has 5 heteroatoms. The zero-order chi connectivity index (χ0) is 12.8. The first-order valence-corrected chi connectivity index (χ1v) is 7.01. The second-order valence-electron chi connectivity index (χ2n) is 5.15. The van der Waals surface area contributed by atoms with Crippen LogP contribution in [-0.4, -0.2) is 73.4 Å². The topological polar surface area (TPSA) is 53.0 Å². The summed E-state index contributed by atoms with van der Waals surface area (Å²) in [4.78, 5) is 16.6. The lowest BCUT2D eigenvalue weighted by molar-refractivity contribution is -0.141. The lowest BCUT2D eigenvalue weighted by Crippen LogP contribution is -2.48. The van der Waals surface area contributed by atoms with Gasteiger partial charge in [-0.1, -0.05) is 0 Å². The summed E-state index contributed by atoms with van der Waals surface area (Å²) in [5, 5.41) is 8.86. The number of aliphatic hydroxyl groups excluding tert-OH is 1. The van der Waals surface area contributed by atoms with E-state index in [0.717, 1.165) is 52.0 Å². The monoisotopic (exact) mass is 256 g/mol. The van der Waals surface area contributed by atoms with Crippen LogP contribution in [0.2, 0.25) is 0 Å². The minimum absolute atomic E-state index is 0.149. The standard InChI is InChI=1S/C13H24N2O3/c16-8-2-5-14-4-1-3-12(11-14)13(17)15-6-9-18-10-7-15/h12,16H,1-11H2. The van der Waals surface area contributed by atoms with E-state index in [2.05, 4.69) is 4.90 Å². The van der Waals surface area contributed by atoms with Gasteiger partial charge in [-0.3, -0.25) is 4.79 Å². The van der Waals surface area contributed by atoms with Gasteiger partial charge in [0.05, 0.1) is 19.1 Å². The van der Waals surface area contributed by atoms with Crippen LogP contribution in [0.15, 0.2) is 0 Å². The molecule has 1 amide bonds. The third kappa shape index (κ3) is 3.67. The van der Waals surface area contributed by atoms with E-state index in [1.54, 1.807) is 0 Å². The normalized spacial score (nSPS) is 26.3. The molecule has 104 valence electrons. The van der Waals surface area contributed by atoms with Gasteiger partial charge in [-0.25, -0.2) is 0 Å². The van der Waals surface area contributed by atoms with Crippen LogP contribution in [-0.2, 0) is 9.53 Å². The van der Waals surface area contributed by atoms with Crippen LogP contribution in [0.3, 0.4) is 0 Å². The second-order valence-corrected chi connectivity index (χ2v) is 5.15. The number of hydrogen-bond acceptors (Lipinski definition) is 4. The molecule has 2 rings (SSSR count). The quantitative estimate of drug-likeness (QED) is 0.765. The van der Waals surface area contributed by atoms with Gasteiger partial charge in [0.2, 0.25) is 5.91 Å². The molecular formula is C13H24N2O3. The van der Waals surface area contributed by atoms with Gasteiger partial charge in [0.25, 0.3) is 0 Å². The molecule has 18 heavy (non-hydrogen) atoms. The summed E-state index contributed by atoms with van der Waals surface area (Å²) in [6.45, 7) is 5.89. The first-order valence-electron chi connectivity index (χ1n) is 7.01. The number of aliphatic hydroxyl groups is 1. The number of likely N-dealkylation sites (tertiary alicyclic amines) is 1. The molecule has 2 saturated heterocycles. The van der Waals surface area contributed by atoms with Crippen LogP contribution >= 0.6 is 0 Å². The number of nitrogens with zero attached hydrogens (tertiary/aromatic N) is 2. The molecule has 0 spiro atoms. The molecule has 2 aliphatic heterocycles. The highest BCUT2D eigenvalue weighted by Crippen LogP contribution is 2.19. The van der Waals surface area contributed by atoms with E-state index in [4.69, 9.17) is 9.84 Å². The average molecular weight is 256 g/mol. The van der Waals surface area contributed by atoms with Crippen molar-refractivity contribution in [2.24, 2.45) is 5.92 Å². The number of piperidine rings is 1. The van der Waals surface area contributed by atoms with E-state index in [1.165, 1.54) is 0 Å². The molecule has 0 aromatic carbocycles. The Morgan fingerprint density at radius 1 is 1.28 bits per heavy atom. The third-order valence-corrected chi connectivity index (χ3v) is 3.81. The van der Waals surface area contributed by atoms with E-state index in [1.807, 2.05) is 4.90 Å². The molecule has 0 aromatic rings. The van der Waals surface area contributed by atoms with Crippen molar-refractivity contribution in [1.29, 1.82) is 0 Å². The van der Waals surface area contributed by atoms with Crippen LogP contribution in [0.5, 0.6) is 0 Å². The van der Waals surface area contributed by atoms with Crippen LogP contribution < -0.4 is 0 Å². The fourth-order valence-corrected chi connectivity index (χ4v) is 2.80. The number of ether oxygens (including phenoxy) is 1. The Hall–Kier alpha value is -0.650. The highest BCUT2D eigenvalue weighted by molar-refractivity contribution is 5.79. The van der Waals surface area contributed by atoms with Gasteiger partial charge in [0, 0.05) is 32.8 Å². The minimum Gasteiger partial charge on any atom is -0.396 e. The maximum absolute atomic E-state index is 12.4. The molecule has 1 unspecified atom stereocenters. The van der Waals surface area contributed by atoms with Gasteiger partial charge < -0.3 is 19.6 Å². The molecule has 1 N–H and O–H groups in total. The SMILES string of the molecule is O=C(C1CCCN(CCCO)C1)N1CCOCC1. The Bertz CT molecular complexity index is 267. The van der Waals surface area contributed by atoms with Crippen molar-refractivity contribution in [3.05, 3.63) is 0 Å². The number of amides is 1. The molecule has 2 fully saturated rings. The summed E-state index contributed by atoms with van der Waals surface area (Å²) < 4.78 is 5.28. The highest BCUT2D eigenvalue weighted by atomic mass is 16.5. The van der Waals surface area contributed by atoms with Crippen molar-refractivity contribution < 1.29 is 14.6 Å². The maximum Gasteiger partial charge on any atom is 0.227 e. The molecule has 0 aliphatic carbocycles. The molecule has 5 nitrogen and oxygen atoms in total. The molecule has 0 radical (unpaired) electrons. The summed E-state index contributed by atoms with van der Waals surface area (Å²) in [7, 11) is 0. The fraction of sp³-hybridized carbons (Fsp3) is 0.923. The van der Waals surface area contributed by atoms with Crippen LogP contribution in [0, 0.1) is 5.92 Å². The molecule has 0 bridgehead atoms. The fourth-order valence-electron chi connectivity index (χ4n) is 2.80. The Kier molecular flexibility index (Phi) is 5.41. The van der Waals surface area contributed by atoms with Crippen molar-refractivity contribution in [3.8, 4) is 0 Å². The highest BCUT2D eigenvalue weighted by Gasteiger charge is 2.29. The molecule has 1 atom stereocenters. The van der Waals surface area contributed by atoms with Crippen molar-refractivity contribution in [2.45, 2.75) is 19.3 Å². The average Bonchev–Trinajstić information content (AvgIpc) is 2.45. The van der Waals surface area contributed by atoms with E-state index < -0.39 is 0 Å². The number of carbonyl (C=O) groups is 1. The first-order chi connectivity index (χ1) is 8.81. The largest absolute Gasteiger partial charge is 0.396 e. The summed E-state index contributed by atoms with van der Waals surface area (Å²) in [5.41, 5.74) is 0. The van der Waals surface area contributed by atoms with Gasteiger partial charge in [-0.2, -0.15) is 0 Å². The van der Waals surface area contributed by atoms with Gasteiger partial charge >= 0.3 is 0 Å². The zero-order valence-corrected chi connectivity index (χ0v) is 11.0. The van der Waals surface area contributed by atoms with Crippen molar-refractivity contribution in [3.63, 3.8) is 0 Å². The van der Waals surface area contributed by atoms with Crippen LogP contribution in [0.25, 0.3) is 0 Å². The minimum atomic E-state index is 0.149. The van der Waals surface area contributed by atoms with Gasteiger partial charge in [0.1, 0.15) is 0 Å². The number of rotatable bonds is 4. The van der Waals surface area contributed by atoms with Crippen LogP contribution in [0.1, 0.15) is 19.3 Å². The predicted molar refractivity (Wildman–Crippen MR) is 68.3 cm³/mol. The first kappa shape index (κ1) is 13.8. The van der Waals surface area contributed by atoms with Gasteiger partial charge in [-0.05, 0) is 25.8 Å². The van der Waals surface area contributed by atoms with E-state index in [9.17, 15) is 4.79 Å². The Labute approximate surface area is 109 Å². The lowest BCUT2D eigenvalue weighted by Gasteiger charge is -2.36. The molecular weight excluding hydrogens is 232 g/mol. The maximum atomic E-state index is 12.4. The second kappa shape index (κ2) is 7.07. The van der Waals surface area contributed by atoms with E-state index in [0.29, 0.717) is 19.1 Å². The number of carbonyl (C=O) groups excluding carboxylic acids is 1. The Balaban J connectivity index is 1.81. The van der Waals surface area contributed by atoms with Crippen molar-refractivity contribution in [1.82, 2.24) is 9.80 Å². The molecule has 0 aromatic heterocycles. The van der Waals surface area contributed by atoms with Gasteiger partial charge in [0.15, 0.2) is 0 Å². The van der Waals surface area contributed by atoms with Crippen molar-refractivity contribution >= 4 is 5.91 Å². The lowest BCUT2D eigenvalue weighted by atomic mass is 9.96. The smallest absolute Gasteiger partial charge is 0.227 e. The zero-order valence-electron chi connectivity index (χ0n) is 11.0. The molecule has 2 aliphatic rings. The summed E-state index contributed by atoms with van der Waals surface area (Å²) in [6, 6.07) is 0. The van der Waals surface area contributed by atoms with E-state index in [-0.39, 0.29) is 12.5 Å². The van der Waals surface area contributed by atoms with Crippen molar-refractivity contribution in [2.75, 3.05) is 52.5 Å². The van der Waals surface area contributed by atoms with Crippen LogP contribution in [0.4, 0.5) is 0 Å². The van der Waals surface area contributed by atoms with Gasteiger partial charge in [-0.15, -0.1) is 0 Å². The molecule has 0 saturated carbocycles. The molecule has 2 heterocycles. The Morgan fingerprint density at radius 3 is 2.78 bits per heavy atom. The summed E-state index contributed by atoms with van der Waals surface area (Å²) in [6.07, 6.45) is 2.90. The number of hydrogen-bond donors (Lipinski definition) is 1. The summed E-state index contributed by atoms with van der Waals surface area (Å²) >= 11 is 0. The summed E-state index contributed by atoms with van der Waals surface area (Å²) in [5.74, 6) is 0.447. The third-order valence-electron chi connectivity index (χ3n) is 3.81.